The largest absolute Gasteiger partial charge is 0.352 e. The number of nitrogens with one attached hydrogen (secondary N) is 1. The van der Waals surface area contributed by atoms with Gasteiger partial charge in [0.15, 0.2) is 0 Å². The van der Waals surface area contributed by atoms with Gasteiger partial charge in [0.2, 0.25) is 5.91 Å². The van der Waals surface area contributed by atoms with E-state index in [1.807, 2.05) is 73.3 Å². The van der Waals surface area contributed by atoms with Crippen molar-refractivity contribution in [3.8, 4) is 0 Å². The molecular formula is C26H31BrN4O3. The predicted octanol–water partition coefficient (Wildman–Crippen LogP) is 3.64. The number of para-hydroxylation sites is 1. The Kier molecular flexibility index (Phi) is 7.26. The fourth-order valence-electron chi connectivity index (χ4n) is 4.77. The van der Waals surface area contributed by atoms with Crippen molar-refractivity contribution in [2.24, 2.45) is 0 Å². The molecule has 8 heteroatoms. The Labute approximate surface area is 209 Å². The van der Waals surface area contributed by atoms with E-state index in [1.54, 1.807) is 4.90 Å². The van der Waals surface area contributed by atoms with Crippen LogP contribution in [0.25, 0.3) is 0 Å². The second kappa shape index (κ2) is 10.2. The summed E-state index contributed by atoms with van der Waals surface area (Å²) >= 11 is 3.41. The Hall–Kier alpha value is -2.87. The number of anilines is 1. The summed E-state index contributed by atoms with van der Waals surface area (Å²) in [6.07, 6.45) is 1.88. The lowest BCUT2D eigenvalue weighted by Crippen LogP contribution is -2.57. The maximum atomic E-state index is 13.7. The van der Waals surface area contributed by atoms with Crippen molar-refractivity contribution in [1.29, 1.82) is 0 Å². The average molecular weight is 527 g/mol. The molecule has 4 rings (SSSR count). The molecule has 2 aliphatic rings. The zero-order chi connectivity index (χ0) is 24.3. The summed E-state index contributed by atoms with van der Waals surface area (Å²) in [4.78, 5) is 44.9. The van der Waals surface area contributed by atoms with Crippen LogP contribution in [0.3, 0.4) is 0 Å². The minimum absolute atomic E-state index is 0.0242. The average Bonchev–Trinajstić information content (AvgIpc) is 3.11. The SMILES string of the molecule is CCC(C)NC(=O)CN1CN(c2ccccc2)C2(CCN(C(=O)c3ccc(Br)cc3)CC2)C1=O. The summed E-state index contributed by atoms with van der Waals surface area (Å²) in [7, 11) is 0. The lowest BCUT2D eigenvalue weighted by molar-refractivity contribution is -0.137. The first-order valence-corrected chi connectivity index (χ1v) is 12.6. The molecule has 1 N–H and O–H groups in total. The molecule has 2 saturated heterocycles. The molecule has 2 aliphatic heterocycles. The van der Waals surface area contributed by atoms with Crippen LogP contribution in [0.15, 0.2) is 59.1 Å². The van der Waals surface area contributed by atoms with E-state index in [1.165, 1.54) is 0 Å². The summed E-state index contributed by atoms with van der Waals surface area (Å²) in [6, 6.07) is 17.3. The number of carbonyl (C=O) groups is 3. The van der Waals surface area contributed by atoms with E-state index >= 15 is 0 Å². The van der Waals surface area contributed by atoms with Crippen LogP contribution in [0.4, 0.5) is 5.69 Å². The normalized spacial score (nSPS) is 18.3. The van der Waals surface area contributed by atoms with Crippen LogP contribution >= 0.6 is 15.9 Å². The summed E-state index contributed by atoms with van der Waals surface area (Å²) in [5.74, 6) is -0.203. The molecule has 2 fully saturated rings. The Morgan fingerprint density at radius 3 is 2.32 bits per heavy atom. The third-order valence-corrected chi connectivity index (χ3v) is 7.43. The summed E-state index contributed by atoms with van der Waals surface area (Å²) < 4.78 is 0.925. The van der Waals surface area contributed by atoms with Crippen molar-refractivity contribution in [3.63, 3.8) is 0 Å². The van der Waals surface area contributed by atoms with E-state index in [4.69, 9.17) is 0 Å². The first kappa shape index (κ1) is 24.3. The first-order chi connectivity index (χ1) is 16.3. The number of benzene rings is 2. The molecule has 0 aliphatic carbocycles. The van der Waals surface area contributed by atoms with E-state index in [2.05, 4.69) is 26.1 Å². The fraction of sp³-hybridized carbons (Fsp3) is 0.423. The number of carbonyl (C=O) groups excluding carboxylic acids is 3. The van der Waals surface area contributed by atoms with Gasteiger partial charge in [-0.05, 0) is 62.6 Å². The Morgan fingerprint density at radius 2 is 1.71 bits per heavy atom. The zero-order valence-electron chi connectivity index (χ0n) is 19.7. The summed E-state index contributed by atoms with van der Waals surface area (Å²) in [5, 5.41) is 2.96. The van der Waals surface area contributed by atoms with Crippen molar-refractivity contribution >= 4 is 39.3 Å². The van der Waals surface area contributed by atoms with Gasteiger partial charge in [0.1, 0.15) is 12.1 Å². The molecule has 2 aromatic rings. The molecule has 180 valence electrons. The van der Waals surface area contributed by atoms with Crippen LogP contribution in [0.1, 0.15) is 43.5 Å². The fourth-order valence-corrected chi connectivity index (χ4v) is 5.04. The van der Waals surface area contributed by atoms with Gasteiger partial charge in [-0.3, -0.25) is 14.4 Å². The lowest BCUT2D eigenvalue weighted by Gasteiger charge is -2.43. The third kappa shape index (κ3) is 4.82. The number of rotatable bonds is 6. The summed E-state index contributed by atoms with van der Waals surface area (Å²) in [5.41, 5.74) is 0.836. The highest BCUT2D eigenvalue weighted by Gasteiger charge is 2.54. The Bertz CT molecular complexity index is 1040. The van der Waals surface area contributed by atoms with E-state index < -0.39 is 5.54 Å². The minimum atomic E-state index is -0.755. The van der Waals surface area contributed by atoms with Crippen LogP contribution in [0.5, 0.6) is 0 Å². The summed E-state index contributed by atoms with van der Waals surface area (Å²) in [6.45, 7) is 5.34. The van der Waals surface area contributed by atoms with Gasteiger partial charge in [0.25, 0.3) is 11.8 Å². The van der Waals surface area contributed by atoms with E-state index in [-0.39, 0.29) is 30.3 Å². The van der Waals surface area contributed by atoms with Crippen molar-refractivity contribution in [2.75, 3.05) is 31.2 Å². The van der Waals surface area contributed by atoms with Gasteiger partial charge >= 0.3 is 0 Å². The second-order valence-corrected chi connectivity index (χ2v) is 10.0. The zero-order valence-corrected chi connectivity index (χ0v) is 21.3. The van der Waals surface area contributed by atoms with Gasteiger partial charge in [-0.2, -0.15) is 0 Å². The first-order valence-electron chi connectivity index (χ1n) is 11.8. The molecule has 1 unspecified atom stereocenters. The number of likely N-dealkylation sites (tertiary alicyclic amines) is 1. The molecular weight excluding hydrogens is 496 g/mol. The maximum absolute atomic E-state index is 13.7. The van der Waals surface area contributed by atoms with Crippen LogP contribution in [0.2, 0.25) is 0 Å². The van der Waals surface area contributed by atoms with Gasteiger partial charge in [0, 0.05) is 34.9 Å². The van der Waals surface area contributed by atoms with Crippen molar-refractivity contribution in [2.45, 2.75) is 44.7 Å². The number of hydrogen-bond donors (Lipinski definition) is 1. The topological polar surface area (TPSA) is 73.0 Å². The van der Waals surface area contributed by atoms with Gasteiger partial charge in [0.05, 0.1) is 6.67 Å². The number of halogens is 1. The van der Waals surface area contributed by atoms with Crippen LogP contribution < -0.4 is 10.2 Å². The van der Waals surface area contributed by atoms with Gasteiger partial charge in [-0.25, -0.2) is 0 Å². The van der Waals surface area contributed by atoms with Gasteiger partial charge < -0.3 is 20.0 Å². The van der Waals surface area contributed by atoms with Crippen LogP contribution in [0, 0.1) is 0 Å². The lowest BCUT2D eigenvalue weighted by atomic mass is 9.85. The Morgan fingerprint density at radius 1 is 1.06 bits per heavy atom. The molecule has 2 heterocycles. The second-order valence-electron chi connectivity index (χ2n) is 9.12. The standard InChI is InChI=1S/C26H31BrN4O3/c1-3-19(2)28-23(32)17-30-18-31(22-7-5-4-6-8-22)26(25(30)34)13-15-29(16-14-26)24(33)20-9-11-21(27)12-10-20/h4-12,19H,3,13-18H2,1-2H3,(H,28,32). The maximum Gasteiger partial charge on any atom is 0.253 e. The molecule has 0 aromatic heterocycles. The monoisotopic (exact) mass is 526 g/mol. The molecule has 0 radical (unpaired) electrons. The molecule has 1 spiro atoms. The van der Waals surface area contributed by atoms with E-state index in [9.17, 15) is 14.4 Å². The number of nitrogens with zero attached hydrogens (tertiary/aromatic N) is 3. The predicted molar refractivity (Wildman–Crippen MR) is 135 cm³/mol. The van der Waals surface area contributed by atoms with Gasteiger partial charge in [-0.15, -0.1) is 0 Å². The number of hydrogen-bond acceptors (Lipinski definition) is 4. The Balaban J connectivity index is 1.53. The highest BCUT2D eigenvalue weighted by molar-refractivity contribution is 9.10. The smallest absolute Gasteiger partial charge is 0.253 e. The van der Waals surface area contributed by atoms with Crippen LogP contribution in [-0.4, -0.2) is 65.4 Å². The van der Waals surface area contributed by atoms with Crippen molar-refractivity contribution in [3.05, 3.63) is 64.6 Å². The molecule has 0 saturated carbocycles. The number of piperidine rings is 1. The molecule has 2 aromatic carbocycles. The minimum Gasteiger partial charge on any atom is -0.352 e. The van der Waals surface area contributed by atoms with Crippen LogP contribution in [-0.2, 0) is 9.59 Å². The van der Waals surface area contributed by atoms with E-state index in [0.717, 1.165) is 16.6 Å². The van der Waals surface area contributed by atoms with Crippen molar-refractivity contribution < 1.29 is 14.4 Å². The quantitative estimate of drug-likeness (QED) is 0.623. The molecule has 0 bridgehead atoms. The van der Waals surface area contributed by atoms with E-state index in [0.29, 0.717) is 38.2 Å². The third-order valence-electron chi connectivity index (χ3n) is 6.91. The van der Waals surface area contributed by atoms with Gasteiger partial charge in [-0.1, -0.05) is 41.1 Å². The highest BCUT2D eigenvalue weighted by Crippen LogP contribution is 2.39. The molecule has 7 nitrogen and oxygen atoms in total. The molecule has 34 heavy (non-hydrogen) atoms. The number of amides is 3. The molecule has 1 atom stereocenters. The molecule has 3 amide bonds. The highest BCUT2D eigenvalue weighted by atomic mass is 79.9. The van der Waals surface area contributed by atoms with Crippen molar-refractivity contribution in [1.82, 2.24) is 15.1 Å².